The van der Waals surface area contributed by atoms with Gasteiger partial charge in [0.1, 0.15) is 5.75 Å². The average Bonchev–Trinajstić information content (AvgIpc) is 3.03. The number of hydrogen-bond donors (Lipinski definition) is 0. The first-order valence-electron chi connectivity index (χ1n) is 9.54. The Balaban J connectivity index is 1.83. The van der Waals surface area contributed by atoms with Crippen LogP contribution < -0.4 is 15.1 Å². The van der Waals surface area contributed by atoms with Gasteiger partial charge in [0.2, 0.25) is 0 Å². The summed E-state index contributed by atoms with van der Waals surface area (Å²) < 4.78 is 54.4. The average molecular weight is 433 g/mol. The zero-order valence-corrected chi connectivity index (χ0v) is 17.2. The summed E-state index contributed by atoms with van der Waals surface area (Å²) in [4.78, 5) is 26.8. The van der Waals surface area contributed by atoms with Gasteiger partial charge in [-0.2, -0.15) is 0 Å². The minimum absolute atomic E-state index is 0.0913. The number of alkyl halides is 3. The predicted molar refractivity (Wildman–Crippen MR) is 106 cm³/mol. The minimum Gasteiger partial charge on any atom is -0.406 e. The van der Waals surface area contributed by atoms with Gasteiger partial charge in [-0.1, -0.05) is 18.2 Å². The lowest BCUT2D eigenvalue weighted by Gasteiger charge is -2.32. The Bertz CT molecular complexity index is 1030. The van der Waals surface area contributed by atoms with E-state index in [4.69, 9.17) is 9.31 Å². The Morgan fingerprint density at radius 3 is 1.90 bits per heavy atom. The smallest absolute Gasteiger partial charge is 0.406 e. The lowest BCUT2D eigenvalue weighted by molar-refractivity contribution is -0.274. The van der Waals surface area contributed by atoms with Crippen LogP contribution >= 0.6 is 0 Å². The molecule has 0 unspecified atom stereocenters. The second kappa shape index (κ2) is 6.83. The largest absolute Gasteiger partial charge is 0.573 e. The van der Waals surface area contributed by atoms with Gasteiger partial charge in [0.05, 0.1) is 28.0 Å². The number of carbonyl (C=O) groups excluding carboxylic acids is 2. The summed E-state index contributed by atoms with van der Waals surface area (Å²) in [5.41, 5.74) is -1.01. The van der Waals surface area contributed by atoms with Gasteiger partial charge >= 0.3 is 13.5 Å². The number of ether oxygens (including phenoxy) is 1. The van der Waals surface area contributed by atoms with Crippen molar-refractivity contribution in [2.45, 2.75) is 45.3 Å². The van der Waals surface area contributed by atoms with Crippen LogP contribution in [0.5, 0.6) is 5.75 Å². The number of imide groups is 1. The number of benzene rings is 2. The van der Waals surface area contributed by atoms with E-state index >= 15 is 0 Å². The van der Waals surface area contributed by atoms with E-state index in [0.29, 0.717) is 0 Å². The van der Waals surface area contributed by atoms with Crippen molar-refractivity contribution >= 4 is 30.1 Å². The third-order valence-electron chi connectivity index (χ3n) is 5.78. The topological polar surface area (TPSA) is 65.1 Å². The summed E-state index contributed by atoms with van der Waals surface area (Å²) in [5.74, 6) is -1.87. The molecule has 2 aliphatic rings. The number of hydrogen-bond acceptors (Lipinski definition) is 5. The van der Waals surface area contributed by atoms with Crippen molar-refractivity contribution in [3.05, 3.63) is 53.6 Å². The van der Waals surface area contributed by atoms with Crippen molar-refractivity contribution < 1.29 is 36.8 Å². The first kappa shape index (κ1) is 21.4. The first-order valence-corrected chi connectivity index (χ1v) is 9.54. The molecule has 6 nitrogen and oxygen atoms in total. The Kier molecular flexibility index (Phi) is 4.71. The van der Waals surface area contributed by atoms with Gasteiger partial charge in [-0.05, 0) is 45.9 Å². The van der Waals surface area contributed by atoms with Gasteiger partial charge < -0.3 is 14.0 Å². The molecule has 2 aromatic carbocycles. The molecular formula is C21H19BF3NO5. The SMILES string of the molecule is CC1(C)OB(c2ccc(OC(F)(F)F)cc2N2C(=O)c3ccccc3C2=O)OC1(C)C. The van der Waals surface area contributed by atoms with Crippen LogP contribution in [0.4, 0.5) is 18.9 Å². The van der Waals surface area contributed by atoms with E-state index in [1.165, 1.54) is 18.2 Å². The molecule has 0 bridgehead atoms. The van der Waals surface area contributed by atoms with Gasteiger partial charge in [-0.25, -0.2) is 4.90 Å². The van der Waals surface area contributed by atoms with Crippen LogP contribution in [0.25, 0.3) is 0 Å². The molecule has 0 atom stereocenters. The van der Waals surface area contributed by atoms with Crippen molar-refractivity contribution in [3.63, 3.8) is 0 Å². The number of rotatable bonds is 3. The van der Waals surface area contributed by atoms with Crippen LogP contribution in [0.2, 0.25) is 0 Å². The molecule has 1 saturated heterocycles. The number of amides is 2. The molecule has 31 heavy (non-hydrogen) atoms. The van der Waals surface area contributed by atoms with Crippen molar-refractivity contribution in [1.29, 1.82) is 0 Å². The van der Waals surface area contributed by atoms with Crippen molar-refractivity contribution in [2.75, 3.05) is 4.90 Å². The fourth-order valence-corrected chi connectivity index (χ4v) is 3.49. The van der Waals surface area contributed by atoms with Gasteiger partial charge in [0.25, 0.3) is 11.8 Å². The monoisotopic (exact) mass is 433 g/mol. The maximum absolute atomic E-state index is 13.0. The molecule has 0 saturated carbocycles. The van der Waals surface area contributed by atoms with Gasteiger partial charge in [0, 0.05) is 11.5 Å². The fraction of sp³-hybridized carbons (Fsp3) is 0.333. The molecule has 4 rings (SSSR count). The number of halogens is 3. The van der Waals surface area contributed by atoms with Crippen molar-refractivity contribution in [1.82, 2.24) is 0 Å². The molecule has 0 aliphatic carbocycles. The maximum Gasteiger partial charge on any atom is 0.573 e. The molecule has 0 N–H and O–H groups in total. The summed E-state index contributed by atoms with van der Waals surface area (Å²) in [6.07, 6.45) is -4.94. The summed E-state index contributed by atoms with van der Waals surface area (Å²) in [7, 11) is -1.01. The highest BCUT2D eigenvalue weighted by molar-refractivity contribution is 6.64. The first-order chi connectivity index (χ1) is 14.3. The highest BCUT2D eigenvalue weighted by Crippen LogP contribution is 2.39. The fourth-order valence-electron chi connectivity index (χ4n) is 3.49. The number of carbonyl (C=O) groups is 2. The van der Waals surface area contributed by atoms with Crippen LogP contribution in [0, 0.1) is 0 Å². The molecule has 2 aliphatic heterocycles. The van der Waals surface area contributed by atoms with Gasteiger partial charge in [-0.3, -0.25) is 9.59 Å². The molecule has 2 heterocycles. The predicted octanol–water partition coefficient (Wildman–Crippen LogP) is 3.69. The second-order valence-corrected chi connectivity index (χ2v) is 8.35. The quantitative estimate of drug-likeness (QED) is 0.546. The van der Waals surface area contributed by atoms with Crippen LogP contribution in [0.15, 0.2) is 42.5 Å². The molecule has 1 fully saturated rings. The van der Waals surface area contributed by atoms with Crippen LogP contribution in [-0.4, -0.2) is 36.5 Å². The van der Waals surface area contributed by atoms with E-state index in [9.17, 15) is 22.8 Å². The van der Waals surface area contributed by atoms with E-state index in [1.54, 1.807) is 12.1 Å². The summed E-state index contributed by atoms with van der Waals surface area (Å²) in [6.45, 7) is 7.26. The second-order valence-electron chi connectivity index (χ2n) is 8.35. The van der Waals surface area contributed by atoms with Crippen molar-refractivity contribution in [2.24, 2.45) is 0 Å². The highest BCUT2D eigenvalue weighted by atomic mass is 19.4. The third-order valence-corrected chi connectivity index (χ3v) is 5.78. The van der Waals surface area contributed by atoms with Crippen LogP contribution in [0.1, 0.15) is 48.4 Å². The standard InChI is InChI=1S/C21H19BF3NO5/c1-19(2)20(3,4)31-22(30-19)15-10-9-12(29-21(23,24)25)11-16(15)26-17(27)13-7-5-6-8-14(13)18(26)28/h5-11H,1-4H3. The number of fused-ring (bicyclic) bond motifs is 1. The van der Waals surface area contributed by atoms with Gasteiger partial charge in [0.15, 0.2) is 0 Å². The van der Waals surface area contributed by atoms with E-state index in [-0.39, 0.29) is 22.3 Å². The zero-order chi connectivity index (χ0) is 22.8. The third kappa shape index (κ3) is 3.59. The molecule has 0 spiro atoms. The number of anilines is 1. The van der Waals surface area contributed by atoms with E-state index in [1.807, 2.05) is 27.7 Å². The van der Waals surface area contributed by atoms with Crippen LogP contribution in [-0.2, 0) is 9.31 Å². The van der Waals surface area contributed by atoms with E-state index < -0.39 is 42.2 Å². The number of nitrogens with zero attached hydrogens (tertiary/aromatic N) is 1. The Labute approximate surface area is 177 Å². The molecule has 2 aromatic rings. The Morgan fingerprint density at radius 1 is 0.903 bits per heavy atom. The molecule has 2 amide bonds. The minimum atomic E-state index is -4.94. The summed E-state index contributed by atoms with van der Waals surface area (Å²) >= 11 is 0. The lowest BCUT2D eigenvalue weighted by atomic mass is 9.77. The van der Waals surface area contributed by atoms with Gasteiger partial charge in [-0.15, -0.1) is 13.2 Å². The zero-order valence-electron chi connectivity index (χ0n) is 17.2. The van der Waals surface area contributed by atoms with E-state index in [2.05, 4.69) is 4.74 Å². The molecule has 10 heteroatoms. The Hall–Kier alpha value is -2.85. The molecular weight excluding hydrogens is 414 g/mol. The molecule has 0 radical (unpaired) electrons. The summed E-state index contributed by atoms with van der Waals surface area (Å²) in [6, 6.07) is 9.57. The summed E-state index contributed by atoms with van der Waals surface area (Å²) in [5, 5.41) is 0. The molecule has 0 aromatic heterocycles. The maximum atomic E-state index is 13.0. The highest BCUT2D eigenvalue weighted by Gasteiger charge is 2.53. The van der Waals surface area contributed by atoms with Crippen LogP contribution in [0.3, 0.4) is 0 Å². The Morgan fingerprint density at radius 2 is 1.42 bits per heavy atom. The lowest BCUT2D eigenvalue weighted by Crippen LogP contribution is -2.41. The normalized spacial score (nSPS) is 19.7. The van der Waals surface area contributed by atoms with E-state index in [0.717, 1.165) is 17.0 Å². The van der Waals surface area contributed by atoms with Crippen molar-refractivity contribution in [3.8, 4) is 5.75 Å². The molecule has 162 valence electrons.